The average molecular weight is 335 g/mol. The third-order valence-corrected chi connectivity index (χ3v) is 5.21. The Bertz CT molecular complexity index is 915. The molecule has 5 nitrogen and oxygen atoms in total. The van der Waals surface area contributed by atoms with Crippen molar-refractivity contribution in [1.82, 2.24) is 9.38 Å². The Hall–Kier alpha value is -2.31. The van der Waals surface area contributed by atoms with Crippen LogP contribution in [0.5, 0.6) is 0 Å². The molecule has 1 fully saturated rings. The standard InChI is InChI=1S/C19H22BN3O2/c1-18(2)19(3,4)25-20(24-18)14-7-5-13(6-8-14)16-12-23-11-15(21)9-10-17(23)22-16/h5-12H,21H2,1-4H3. The van der Waals surface area contributed by atoms with E-state index >= 15 is 0 Å². The Balaban J connectivity index is 1.62. The summed E-state index contributed by atoms with van der Waals surface area (Å²) < 4.78 is 14.1. The summed E-state index contributed by atoms with van der Waals surface area (Å²) in [6, 6.07) is 11.9. The molecule has 1 saturated heterocycles. The summed E-state index contributed by atoms with van der Waals surface area (Å²) in [7, 11) is -0.347. The van der Waals surface area contributed by atoms with Crippen LogP contribution in [0, 0.1) is 0 Å². The van der Waals surface area contributed by atoms with E-state index in [9.17, 15) is 0 Å². The zero-order valence-electron chi connectivity index (χ0n) is 15.0. The van der Waals surface area contributed by atoms with Gasteiger partial charge in [-0.3, -0.25) is 0 Å². The number of rotatable bonds is 2. The summed E-state index contributed by atoms with van der Waals surface area (Å²) in [5.74, 6) is 0. The van der Waals surface area contributed by atoms with Crippen molar-refractivity contribution in [3.63, 3.8) is 0 Å². The zero-order chi connectivity index (χ0) is 17.8. The molecule has 4 rings (SSSR count). The number of imidazole rings is 1. The van der Waals surface area contributed by atoms with E-state index in [1.165, 1.54) is 0 Å². The van der Waals surface area contributed by atoms with Crippen LogP contribution in [0.4, 0.5) is 5.69 Å². The van der Waals surface area contributed by atoms with Gasteiger partial charge in [0.25, 0.3) is 0 Å². The van der Waals surface area contributed by atoms with Crippen molar-refractivity contribution < 1.29 is 9.31 Å². The molecule has 0 atom stereocenters. The Morgan fingerprint density at radius 1 is 0.920 bits per heavy atom. The first-order valence-corrected chi connectivity index (χ1v) is 8.45. The lowest BCUT2D eigenvalue weighted by Gasteiger charge is -2.32. The zero-order valence-corrected chi connectivity index (χ0v) is 15.0. The number of fused-ring (bicyclic) bond motifs is 1. The van der Waals surface area contributed by atoms with E-state index in [0.717, 1.165) is 22.4 Å². The van der Waals surface area contributed by atoms with Crippen LogP contribution in [0.3, 0.4) is 0 Å². The summed E-state index contributed by atoms with van der Waals surface area (Å²) in [5.41, 5.74) is 9.71. The molecule has 1 aromatic carbocycles. The number of pyridine rings is 1. The van der Waals surface area contributed by atoms with Gasteiger partial charge in [0.1, 0.15) is 5.65 Å². The second-order valence-electron chi connectivity index (χ2n) is 7.56. The number of aromatic nitrogens is 2. The van der Waals surface area contributed by atoms with Crippen LogP contribution in [0.1, 0.15) is 27.7 Å². The maximum atomic E-state index is 6.10. The van der Waals surface area contributed by atoms with E-state index in [2.05, 4.69) is 32.7 Å². The van der Waals surface area contributed by atoms with Gasteiger partial charge >= 0.3 is 7.12 Å². The van der Waals surface area contributed by atoms with Crippen LogP contribution in [0.15, 0.2) is 48.8 Å². The monoisotopic (exact) mass is 335 g/mol. The van der Waals surface area contributed by atoms with Gasteiger partial charge in [-0.05, 0) is 45.3 Å². The number of anilines is 1. The Morgan fingerprint density at radius 3 is 2.20 bits per heavy atom. The summed E-state index contributed by atoms with van der Waals surface area (Å²) in [6.45, 7) is 8.24. The highest BCUT2D eigenvalue weighted by atomic mass is 16.7. The molecule has 2 aromatic heterocycles. The van der Waals surface area contributed by atoms with Crippen molar-refractivity contribution >= 4 is 23.9 Å². The average Bonchev–Trinajstić information content (AvgIpc) is 3.05. The molecule has 25 heavy (non-hydrogen) atoms. The largest absolute Gasteiger partial charge is 0.494 e. The number of hydrogen-bond donors (Lipinski definition) is 1. The quantitative estimate of drug-likeness (QED) is 0.732. The first kappa shape index (κ1) is 16.2. The van der Waals surface area contributed by atoms with E-state index in [0.29, 0.717) is 5.69 Å². The Kier molecular flexibility index (Phi) is 3.46. The van der Waals surface area contributed by atoms with E-state index in [1.807, 2.05) is 53.2 Å². The van der Waals surface area contributed by atoms with Crippen LogP contribution >= 0.6 is 0 Å². The first-order valence-electron chi connectivity index (χ1n) is 8.45. The summed E-state index contributed by atoms with van der Waals surface area (Å²) in [6.07, 6.45) is 3.85. The molecule has 6 heteroatoms. The molecule has 0 radical (unpaired) electrons. The predicted molar refractivity (Wildman–Crippen MR) is 101 cm³/mol. The van der Waals surface area contributed by atoms with Gasteiger partial charge < -0.3 is 19.4 Å². The third-order valence-electron chi connectivity index (χ3n) is 5.21. The maximum Gasteiger partial charge on any atom is 0.494 e. The van der Waals surface area contributed by atoms with Gasteiger partial charge in [-0.25, -0.2) is 4.98 Å². The molecule has 0 amide bonds. The van der Waals surface area contributed by atoms with Crippen molar-refractivity contribution in [1.29, 1.82) is 0 Å². The summed E-state index contributed by atoms with van der Waals surface area (Å²) >= 11 is 0. The second kappa shape index (κ2) is 5.34. The van der Waals surface area contributed by atoms with E-state index in [4.69, 9.17) is 15.0 Å². The minimum Gasteiger partial charge on any atom is -0.399 e. The molecule has 0 unspecified atom stereocenters. The molecule has 2 N–H and O–H groups in total. The molecular weight excluding hydrogens is 313 g/mol. The second-order valence-corrected chi connectivity index (χ2v) is 7.56. The molecule has 0 saturated carbocycles. The highest BCUT2D eigenvalue weighted by Gasteiger charge is 2.51. The molecule has 128 valence electrons. The lowest BCUT2D eigenvalue weighted by Crippen LogP contribution is -2.41. The van der Waals surface area contributed by atoms with Crippen molar-refractivity contribution in [2.24, 2.45) is 0 Å². The van der Waals surface area contributed by atoms with Gasteiger partial charge in [0, 0.05) is 23.6 Å². The van der Waals surface area contributed by atoms with E-state index in [-0.39, 0.29) is 18.3 Å². The minimum absolute atomic E-state index is 0.335. The fraction of sp³-hybridized carbons (Fsp3) is 0.316. The number of benzene rings is 1. The van der Waals surface area contributed by atoms with Crippen molar-refractivity contribution in [2.45, 2.75) is 38.9 Å². The molecule has 1 aliphatic heterocycles. The van der Waals surface area contributed by atoms with Crippen LogP contribution in [-0.2, 0) is 9.31 Å². The van der Waals surface area contributed by atoms with Crippen LogP contribution in [-0.4, -0.2) is 27.7 Å². The predicted octanol–water partition coefficient (Wildman–Crippen LogP) is 2.88. The van der Waals surface area contributed by atoms with Gasteiger partial charge in [0.15, 0.2) is 0 Å². The fourth-order valence-corrected chi connectivity index (χ4v) is 2.94. The van der Waals surface area contributed by atoms with E-state index < -0.39 is 0 Å². The van der Waals surface area contributed by atoms with Gasteiger partial charge in [-0.15, -0.1) is 0 Å². The Morgan fingerprint density at radius 2 is 1.56 bits per heavy atom. The van der Waals surface area contributed by atoms with Crippen LogP contribution in [0.25, 0.3) is 16.9 Å². The Labute approximate surface area is 147 Å². The smallest absolute Gasteiger partial charge is 0.399 e. The molecule has 0 spiro atoms. The fourth-order valence-electron chi connectivity index (χ4n) is 2.94. The molecular formula is C19H22BN3O2. The lowest BCUT2D eigenvalue weighted by atomic mass is 9.79. The van der Waals surface area contributed by atoms with Crippen molar-refractivity contribution in [3.8, 4) is 11.3 Å². The topological polar surface area (TPSA) is 61.8 Å². The van der Waals surface area contributed by atoms with Gasteiger partial charge in [0.05, 0.1) is 16.9 Å². The number of nitrogens with two attached hydrogens (primary N) is 1. The van der Waals surface area contributed by atoms with Crippen molar-refractivity contribution in [2.75, 3.05) is 5.73 Å². The minimum atomic E-state index is -0.347. The maximum absolute atomic E-state index is 6.10. The van der Waals surface area contributed by atoms with Gasteiger partial charge in [-0.1, -0.05) is 24.3 Å². The van der Waals surface area contributed by atoms with Crippen LogP contribution in [0.2, 0.25) is 0 Å². The molecule has 1 aliphatic rings. The number of nitrogen functional groups attached to an aromatic ring is 1. The van der Waals surface area contributed by atoms with Gasteiger partial charge in [0.2, 0.25) is 0 Å². The highest BCUT2D eigenvalue weighted by Crippen LogP contribution is 2.36. The van der Waals surface area contributed by atoms with Gasteiger partial charge in [-0.2, -0.15) is 0 Å². The molecule has 0 aliphatic carbocycles. The summed E-state index contributed by atoms with van der Waals surface area (Å²) in [5, 5.41) is 0. The first-order chi connectivity index (χ1) is 11.7. The third kappa shape index (κ3) is 2.71. The lowest BCUT2D eigenvalue weighted by molar-refractivity contribution is 0.00578. The normalized spacial score (nSPS) is 18.8. The highest BCUT2D eigenvalue weighted by molar-refractivity contribution is 6.62. The summed E-state index contributed by atoms with van der Waals surface area (Å²) in [4.78, 5) is 4.64. The number of nitrogens with zero attached hydrogens (tertiary/aromatic N) is 2. The van der Waals surface area contributed by atoms with Crippen molar-refractivity contribution in [3.05, 3.63) is 48.8 Å². The molecule has 0 bridgehead atoms. The van der Waals surface area contributed by atoms with E-state index in [1.54, 1.807) is 0 Å². The number of hydrogen-bond acceptors (Lipinski definition) is 4. The SMILES string of the molecule is CC1(C)OB(c2ccc(-c3cn4cc(N)ccc4n3)cc2)OC1(C)C. The van der Waals surface area contributed by atoms with Crippen LogP contribution < -0.4 is 11.2 Å². The molecule has 3 heterocycles. The molecule has 3 aromatic rings.